The minimum absolute atomic E-state index is 0.172. The van der Waals surface area contributed by atoms with Crippen LogP contribution in [0.2, 0.25) is 0 Å². The summed E-state index contributed by atoms with van der Waals surface area (Å²) in [6, 6.07) is 0. The number of alkyl halides is 1. The van der Waals surface area contributed by atoms with Crippen molar-refractivity contribution in [2.75, 3.05) is 5.33 Å². The van der Waals surface area contributed by atoms with Gasteiger partial charge in [-0.15, -0.1) is 0 Å². The molecule has 0 bridgehead atoms. The highest BCUT2D eigenvalue weighted by Gasteiger charge is 1.90. The summed E-state index contributed by atoms with van der Waals surface area (Å²) in [4.78, 5) is 19.4. The number of carbonyl (C=O) groups excluding carboxylic acids is 2. The number of hydrogen-bond acceptors (Lipinski definition) is 2. The quantitative estimate of drug-likeness (QED) is 0.450. The van der Waals surface area contributed by atoms with Gasteiger partial charge in [-0.1, -0.05) is 15.9 Å². The molecule has 0 atom stereocenters. The first-order chi connectivity index (χ1) is 3.31. The van der Waals surface area contributed by atoms with Crippen LogP contribution in [0.4, 0.5) is 0 Å². The molecule has 0 saturated heterocycles. The van der Waals surface area contributed by atoms with Gasteiger partial charge in [-0.25, -0.2) is 0 Å². The summed E-state index contributed by atoms with van der Waals surface area (Å²) in [7, 11) is 0. The van der Waals surface area contributed by atoms with E-state index in [4.69, 9.17) is 0 Å². The number of nitrogens with one attached hydrogen (secondary N) is 1. The van der Waals surface area contributed by atoms with Crippen molar-refractivity contribution in [2.24, 2.45) is 0 Å². The van der Waals surface area contributed by atoms with Gasteiger partial charge in [0, 0.05) is 0 Å². The first kappa shape index (κ1) is 6.62. The summed E-state index contributed by atoms with van der Waals surface area (Å²) in [6.07, 6.45) is 0.351. The van der Waals surface area contributed by atoms with E-state index in [1.807, 2.05) is 5.32 Å². The predicted molar refractivity (Wildman–Crippen MR) is 28.0 cm³/mol. The second-order valence-corrected chi connectivity index (χ2v) is 1.38. The first-order valence-corrected chi connectivity index (χ1v) is 2.72. The second-order valence-electron chi connectivity index (χ2n) is 0.819. The molecule has 0 aliphatic heterocycles. The molecule has 0 fully saturated rings. The van der Waals surface area contributed by atoms with Crippen LogP contribution in [0, 0.1) is 0 Å². The van der Waals surface area contributed by atoms with Crippen LogP contribution in [-0.2, 0) is 9.59 Å². The maximum absolute atomic E-state index is 10.0. The molecule has 0 aromatic carbocycles. The van der Waals surface area contributed by atoms with Crippen molar-refractivity contribution in [2.45, 2.75) is 0 Å². The maximum Gasteiger partial charge on any atom is 0.236 e. The molecule has 3 nitrogen and oxygen atoms in total. The fraction of sp³-hybridized carbons (Fsp3) is 0.333. The molecule has 40 valence electrons. The van der Waals surface area contributed by atoms with Gasteiger partial charge in [-0.2, -0.15) is 0 Å². The largest absolute Gasteiger partial charge is 0.298 e. The minimum Gasteiger partial charge on any atom is -0.298 e. The third-order valence-electron chi connectivity index (χ3n) is 0.341. The number of hydrogen-bond donors (Lipinski definition) is 1. The van der Waals surface area contributed by atoms with Crippen molar-refractivity contribution >= 4 is 28.2 Å². The Balaban J connectivity index is 3.17. The maximum atomic E-state index is 10.0. The van der Waals surface area contributed by atoms with Crippen LogP contribution in [0.25, 0.3) is 0 Å². The molecular formula is C3H4BrNO2. The average Bonchev–Trinajstić information content (AvgIpc) is 1.68. The Bertz CT molecular complexity index is 83.0. The Morgan fingerprint density at radius 3 is 2.57 bits per heavy atom. The fourth-order valence-electron chi connectivity index (χ4n) is 0.104. The molecule has 0 saturated carbocycles. The Hall–Kier alpha value is -0.380. The van der Waals surface area contributed by atoms with E-state index in [1.54, 1.807) is 0 Å². The highest BCUT2D eigenvalue weighted by atomic mass is 79.9. The van der Waals surface area contributed by atoms with Crippen molar-refractivity contribution in [3.05, 3.63) is 0 Å². The summed E-state index contributed by atoms with van der Waals surface area (Å²) in [5.74, 6) is -0.324. The summed E-state index contributed by atoms with van der Waals surface area (Å²) < 4.78 is 0. The third kappa shape index (κ3) is 3.45. The fourth-order valence-corrected chi connectivity index (χ4v) is 0.266. The lowest BCUT2D eigenvalue weighted by atomic mass is 10.7. The van der Waals surface area contributed by atoms with E-state index in [-0.39, 0.29) is 11.2 Å². The van der Waals surface area contributed by atoms with Crippen molar-refractivity contribution in [1.82, 2.24) is 5.32 Å². The van der Waals surface area contributed by atoms with Crippen LogP contribution in [0.1, 0.15) is 0 Å². The van der Waals surface area contributed by atoms with E-state index in [0.29, 0.717) is 6.41 Å². The standard InChI is InChI=1S/C3H4BrNO2/c4-1-3(7)5-2-6/h2H,1H2,(H,5,6,7). The van der Waals surface area contributed by atoms with E-state index in [9.17, 15) is 9.59 Å². The van der Waals surface area contributed by atoms with Crippen LogP contribution in [0.3, 0.4) is 0 Å². The van der Waals surface area contributed by atoms with E-state index >= 15 is 0 Å². The van der Waals surface area contributed by atoms with Gasteiger partial charge < -0.3 is 0 Å². The summed E-state index contributed by atoms with van der Waals surface area (Å²) in [5.41, 5.74) is 0. The lowest BCUT2D eigenvalue weighted by Gasteiger charge is -1.84. The van der Waals surface area contributed by atoms with Crippen molar-refractivity contribution in [3.8, 4) is 0 Å². The van der Waals surface area contributed by atoms with Gasteiger partial charge in [0.15, 0.2) is 0 Å². The van der Waals surface area contributed by atoms with Crippen LogP contribution < -0.4 is 5.32 Å². The lowest BCUT2D eigenvalue weighted by Crippen LogP contribution is -2.21. The number of carbonyl (C=O) groups is 2. The molecule has 0 heterocycles. The third-order valence-corrected chi connectivity index (χ3v) is 0.851. The molecule has 2 amide bonds. The van der Waals surface area contributed by atoms with Gasteiger partial charge in [0.1, 0.15) is 0 Å². The van der Waals surface area contributed by atoms with Crippen LogP contribution in [0.15, 0.2) is 0 Å². The van der Waals surface area contributed by atoms with Gasteiger partial charge in [0.25, 0.3) is 0 Å². The molecule has 1 N–H and O–H groups in total. The molecule has 4 heteroatoms. The van der Waals surface area contributed by atoms with E-state index in [0.717, 1.165) is 0 Å². The molecule has 0 spiro atoms. The van der Waals surface area contributed by atoms with E-state index in [2.05, 4.69) is 15.9 Å². The van der Waals surface area contributed by atoms with E-state index in [1.165, 1.54) is 0 Å². The minimum atomic E-state index is -0.324. The topological polar surface area (TPSA) is 46.2 Å². The van der Waals surface area contributed by atoms with Crippen LogP contribution >= 0.6 is 15.9 Å². The smallest absolute Gasteiger partial charge is 0.236 e. The summed E-state index contributed by atoms with van der Waals surface area (Å²) >= 11 is 2.84. The molecule has 0 aromatic rings. The molecular weight excluding hydrogens is 162 g/mol. The Morgan fingerprint density at radius 2 is 2.43 bits per heavy atom. The molecule has 0 unspecified atom stereocenters. The zero-order valence-electron chi connectivity index (χ0n) is 3.48. The highest BCUT2D eigenvalue weighted by Crippen LogP contribution is 1.74. The van der Waals surface area contributed by atoms with Crippen molar-refractivity contribution in [1.29, 1.82) is 0 Å². The molecule has 7 heavy (non-hydrogen) atoms. The van der Waals surface area contributed by atoms with Gasteiger partial charge in [-0.05, 0) is 0 Å². The number of halogens is 1. The lowest BCUT2D eigenvalue weighted by molar-refractivity contribution is -0.123. The second kappa shape index (κ2) is 3.80. The van der Waals surface area contributed by atoms with Gasteiger partial charge in [-0.3, -0.25) is 14.9 Å². The molecule has 0 aromatic heterocycles. The van der Waals surface area contributed by atoms with Crippen LogP contribution in [0.5, 0.6) is 0 Å². The van der Waals surface area contributed by atoms with Crippen LogP contribution in [-0.4, -0.2) is 17.6 Å². The van der Waals surface area contributed by atoms with Gasteiger partial charge >= 0.3 is 0 Å². The zero-order chi connectivity index (χ0) is 5.70. The van der Waals surface area contributed by atoms with Gasteiger partial charge in [0.2, 0.25) is 12.3 Å². The monoisotopic (exact) mass is 165 g/mol. The number of rotatable bonds is 2. The normalized spacial score (nSPS) is 7.57. The van der Waals surface area contributed by atoms with Gasteiger partial charge in [0.05, 0.1) is 5.33 Å². The SMILES string of the molecule is O=CNC(=O)CBr. The number of imide groups is 1. The number of amides is 2. The Morgan fingerprint density at radius 1 is 1.86 bits per heavy atom. The highest BCUT2D eigenvalue weighted by molar-refractivity contribution is 9.09. The molecule has 0 rings (SSSR count). The Labute approximate surface area is 49.2 Å². The predicted octanol–water partition coefficient (Wildman–Crippen LogP) is -0.346. The zero-order valence-corrected chi connectivity index (χ0v) is 5.06. The average molecular weight is 166 g/mol. The van der Waals surface area contributed by atoms with Crippen molar-refractivity contribution < 1.29 is 9.59 Å². The molecule has 0 aliphatic carbocycles. The van der Waals surface area contributed by atoms with Crippen molar-refractivity contribution in [3.63, 3.8) is 0 Å². The Kier molecular flexibility index (Phi) is 3.59. The molecule has 0 radical (unpaired) electrons. The summed E-state index contributed by atoms with van der Waals surface area (Å²) in [6.45, 7) is 0. The van der Waals surface area contributed by atoms with E-state index < -0.39 is 0 Å². The summed E-state index contributed by atoms with van der Waals surface area (Å²) in [5, 5.41) is 2.10. The molecule has 0 aliphatic rings. The first-order valence-electron chi connectivity index (χ1n) is 1.60.